The van der Waals surface area contributed by atoms with Gasteiger partial charge >= 0.3 is 0 Å². The predicted octanol–water partition coefficient (Wildman–Crippen LogP) is 4.03. The van der Waals surface area contributed by atoms with Crippen LogP contribution in [0.4, 0.5) is 0 Å². The van der Waals surface area contributed by atoms with Crippen molar-refractivity contribution in [1.29, 1.82) is 0 Å². The summed E-state index contributed by atoms with van der Waals surface area (Å²) in [6.07, 6.45) is 9.52. The second-order valence-electron chi connectivity index (χ2n) is 6.24. The van der Waals surface area contributed by atoms with Crippen LogP contribution in [0, 0.1) is 16.6 Å². The highest BCUT2D eigenvalue weighted by Gasteiger charge is 2.29. The highest BCUT2D eigenvalue weighted by Crippen LogP contribution is 2.39. The van der Waals surface area contributed by atoms with Gasteiger partial charge in [-0.15, -0.1) is 0 Å². The van der Waals surface area contributed by atoms with E-state index in [1.165, 1.54) is 50.8 Å². The first-order valence-corrected chi connectivity index (χ1v) is 7.80. The standard InChI is InChI=1S/C14H23N3S/c1-10-3-2-4-11(9-10)7-8-17-13(12-5-6-12)15-16-14(17)18/h10-12H,2-9H2,1H3,(H,16,18). The van der Waals surface area contributed by atoms with E-state index < -0.39 is 0 Å². The third-order valence-corrected chi connectivity index (χ3v) is 4.85. The molecule has 1 N–H and O–H groups in total. The lowest BCUT2D eigenvalue weighted by Crippen LogP contribution is -2.16. The number of aromatic nitrogens is 3. The molecule has 3 nitrogen and oxygen atoms in total. The third-order valence-electron chi connectivity index (χ3n) is 4.54. The Balaban J connectivity index is 1.62. The number of nitrogens with zero attached hydrogens (tertiary/aromatic N) is 2. The van der Waals surface area contributed by atoms with Crippen LogP contribution in [0.1, 0.15) is 63.6 Å². The monoisotopic (exact) mass is 265 g/mol. The number of nitrogens with one attached hydrogen (secondary N) is 1. The van der Waals surface area contributed by atoms with Crippen LogP contribution in [0.15, 0.2) is 0 Å². The Hall–Kier alpha value is -0.640. The molecular formula is C14H23N3S. The molecule has 0 radical (unpaired) electrons. The molecule has 1 aromatic rings. The molecule has 100 valence electrons. The summed E-state index contributed by atoms with van der Waals surface area (Å²) in [5, 5.41) is 7.37. The van der Waals surface area contributed by atoms with Crippen LogP contribution >= 0.6 is 12.2 Å². The highest BCUT2D eigenvalue weighted by atomic mass is 32.1. The van der Waals surface area contributed by atoms with Crippen LogP contribution in [0.25, 0.3) is 0 Å². The van der Waals surface area contributed by atoms with Gasteiger partial charge in [0.15, 0.2) is 4.77 Å². The molecule has 2 fully saturated rings. The van der Waals surface area contributed by atoms with Crippen LogP contribution in [-0.4, -0.2) is 14.8 Å². The topological polar surface area (TPSA) is 33.6 Å². The summed E-state index contributed by atoms with van der Waals surface area (Å²) in [7, 11) is 0. The van der Waals surface area contributed by atoms with Gasteiger partial charge in [-0.05, 0) is 49.7 Å². The zero-order chi connectivity index (χ0) is 12.5. The quantitative estimate of drug-likeness (QED) is 0.834. The molecule has 2 atom stereocenters. The van der Waals surface area contributed by atoms with E-state index in [2.05, 4.69) is 21.7 Å². The molecule has 2 saturated carbocycles. The van der Waals surface area contributed by atoms with Crippen molar-refractivity contribution in [2.24, 2.45) is 11.8 Å². The molecule has 0 saturated heterocycles. The van der Waals surface area contributed by atoms with Crippen molar-refractivity contribution in [2.75, 3.05) is 0 Å². The largest absolute Gasteiger partial charge is 0.304 e. The normalized spacial score (nSPS) is 28.5. The maximum atomic E-state index is 5.35. The fourth-order valence-corrected chi connectivity index (χ4v) is 3.56. The minimum atomic E-state index is 0.684. The van der Waals surface area contributed by atoms with Crippen LogP contribution in [0.2, 0.25) is 0 Å². The zero-order valence-corrected chi connectivity index (χ0v) is 12.0. The van der Waals surface area contributed by atoms with E-state index in [1.54, 1.807) is 0 Å². The first-order valence-electron chi connectivity index (χ1n) is 7.39. The Morgan fingerprint density at radius 3 is 2.89 bits per heavy atom. The first-order chi connectivity index (χ1) is 8.74. The fraction of sp³-hybridized carbons (Fsp3) is 0.857. The van der Waals surface area contributed by atoms with Gasteiger partial charge in [-0.3, -0.25) is 5.10 Å². The summed E-state index contributed by atoms with van der Waals surface area (Å²) < 4.78 is 3.08. The second kappa shape index (κ2) is 5.16. The Morgan fingerprint density at radius 2 is 2.17 bits per heavy atom. The summed E-state index contributed by atoms with van der Waals surface area (Å²) >= 11 is 5.35. The molecule has 0 aliphatic heterocycles. The smallest absolute Gasteiger partial charge is 0.195 e. The minimum Gasteiger partial charge on any atom is -0.304 e. The first kappa shape index (κ1) is 12.4. The van der Waals surface area contributed by atoms with Crippen LogP contribution in [0.3, 0.4) is 0 Å². The molecule has 2 unspecified atom stereocenters. The van der Waals surface area contributed by atoms with E-state index in [1.807, 2.05) is 0 Å². The lowest BCUT2D eigenvalue weighted by atomic mass is 9.81. The molecule has 1 heterocycles. The number of aromatic amines is 1. The molecule has 0 spiro atoms. The highest BCUT2D eigenvalue weighted by molar-refractivity contribution is 7.71. The number of hydrogen-bond donors (Lipinski definition) is 1. The van der Waals surface area contributed by atoms with Gasteiger partial charge in [-0.1, -0.05) is 26.2 Å². The summed E-state index contributed by atoms with van der Waals surface area (Å²) in [5.74, 6) is 3.72. The van der Waals surface area contributed by atoms with Crippen LogP contribution in [0.5, 0.6) is 0 Å². The molecule has 18 heavy (non-hydrogen) atoms. The van der Waals surface area contributed by atoms with E-state index in [-0.39, 0.29) is 0 Å². The van der Waals surface area contributed by atoms with Crippen molar-refractivity contribution in [3.8, 4) is 0 Å². The number of H-pyrrole nitrogens is 1. The maximum absolute atomic E-state index is 5.35. The van der Waals surface area contributed by atoms with Crippen molar-refractivity contribution in [1.82, 2.24) is 14.8 Å². The van der Waals surface area contributed by atoms with E-state index in [4.69, 9.17) is 12.2 Å². The van der Waals surface area contributed by atoms with E-state index >= 15 is 0 Å². The molecule has 2 aliphatic rings. The Kier molecular flexibility index (Phi) is 3.55. The van der Waals surface area contributed by atoms with Crippen molar-refractivity contribution in [3.63, 3.8) is 0 Å². The van der Waals surface area contributed by atoms with Gasteiger partial charge in [0.2, 0.25) is 0 Å². The summed E-state index contributed by atoms with van der Waals surface area (Å²) in [4.78, 5) is 0. The molecule has 0 bridgehead atoms. The summed E-state index contributed by atoms with van der Waals surface area (Å²) in [6, 6.07) is 0. The van der Waals surface area contributed by atoms with Crippen molar-refractivity contribution >= 4 is 12.2 Å². The van der Waals surface area contributed by atoms with Gasteiger partial charge in [-0.2, -0.15) is 5.10 Å². The predicted molar refractivity (Wildman–Crippen MR) is 75.1 cm³/mol. The lowest BCUT2D eigenvalue weighted by molar-refractivity contribution is 0.260. The van der Waals surface area contributed by atoms with Crippen molar-refractivity contribution in [2.45, 2.75) is 64.3 Å². The molecule has 4 heteroatoms. The van der Waals surface area contributed by atoms with Gasteiger partial charge < -0.3 is 4.57 Å². The Bertz CT molecular complexity index is 458. The molecular weight excluding hydrogens is 242 g/mol. The zero-order valence-electron chi connectivity index (χ0n) is 11.2. The second-order valence-corrected chi connectivity index (χ2v) is 6.63. The maximum Gasteiger partial charge on any atom is 0.195 e. The Morgan fingerprint density at radius 1 is 1.33 bits per heavy atom. The van der Waals surface area contributed by atoms with Gasteiger partial charge in [0.25, 0.3) is 0 Å². The van der Waals surface area contributed by atoms with E-state index in [0.717, 1.165) is 23.2 Å². The Labute approximate surface area is 114 Å². The molecule has 1 aromatic heterocycles. The average Bonchev–Trinajstić information content (AvgIpc) is 3.12. The van der Waals surface area contributed by atoms with Crippen molar-refractivity contribution in [3.05, 3.63) is 10.6 Å². The molecule has 3 rings (SSSR count). The van der Waals surface area contributed by atoms with Gasteiger partial charge in [0.1, 0.15) is 5.82 Å². The van der Waals surface area contributed by atoms with E-state index in [0.29, 0.717) is 5.92 Å². The molecule has 0 amide bonds. The number of rotatable bonds is 4. The van der Waals surface area contributed by atoms with Crippen LogP contribution in [-0.2, 0) is 6.54 Å². The molecule has 0 aromatic carbocycles. The molecule has 2 aliphatic carbocycles. The third kappa shape index (κ3) is 2.68. The fourth-order valence-electron chi connectivity index (χ4n) is 3.33. The minimum absolute atomic E-state index is 0.684. The lowest BCUT2D eigenvalue weighted by Gasteiger charge is -2.26. The van der Waals surface area contributed by atoms with Crippen molar-refractivity contribution < 1.29 is 0 Å². The van der Waals surface area contributed by atoms with E-state index in [9.17, 15) is 0 Å². The average molecular weight is 265 g/mol. The summed E-state index contributed by atoms with van der Waals surface area (Å²) in [5.41, 5.74) is 0. The van der Waals surface area contributed by atoms with Gasteiger partial charge in [0, 0.05) is 12.5 Å². The summed E-state index contributed by atoms with van der Waals surface area (Å²) in [6.45, 7) is 3.46. The number of hydrogen-bond acceptors (Lipinski definition) is 2. The SMILES string of the molecule is CC1CCCC(CCn2c(C3CC3)n[nH]c2=S)C1. The van der Waals surface area contributed by atoms with Gasteiger partial charge in [-0.25, -0.2) is 0 Å². The van der Waals surface area contributed by atoms with Crippen LogP contribution < -0.4 is 0 Å². The van der Waals surface area contributed by atoms with Gasteiger partial charge in [0.05, 0.1) is 0 Å².